The lowest BCUT2D eigenvalue weighted by Crippen LogP contribution is -2.39. The number of carbonyl (C=O) groups is 1. The SMILES string of the molecule is Cc1cc2c(F)c(Oc3ncnn4cc(OC[C@@H](C)OC(=O)[C@@H](N)C(C)C)c(C)c34)ccc2[nH]1. The number of hydrogen-bond donors (Lipinski definition) is 2. The van der Waals surface area contributed by atoms with Crippen molar-refractivity contribution in [3.63, 3.8) is 0 Å². The second kappa shape index (κ2) is 9.30. The fraction of sp³-hybridized carbons (Fsp3) is 0.375. The van der Waals surface area contributed by atoms with Gasteiger partial charge in [0.15, 0.2) is 11.6 Å². The monoisotopic (exact) mass is 469 g/mol. The summed E-state index contributed by atoms with van der Waals surface area (Å²) in [6.45, 7) is 9.24. The van der Waals surface area contributed by atoms with Crippen LogP contribution in [0.3, 0.4) is 0 Å². The minimum Gasteiger partial charge on any atom is -0.488 e. The Morgan fingerprint density at radius 3 is 2.74 bits per heavy atom. The summed E-state index contributed by atoms with van der Waals surface area (Å²) in [5.74, 6) is -0.216. The molecule has 0 radical (unpaired) electrons. The number of nitrogens with zero attached hydrogens (tertiary/aromatic N) is 3. The van der Waals surface area contributed by atoms with Crippen molar-refractivity contribution in [3.8, 4) is 17.4 Å². The summed E-state index contributed by atoms with van der Waals surface area (Å²) >= 11 is 0. The van der Waals surface area contributed by atoms with Gasteiger partial charge in [0, 0.05) is 22.2 Å². The number of rotatable bonds is 8. The maximum Gasteiger partial charge on any atom is 0.323 e. The molecule has 180 valence electrons. The number of hydrogen-bond acceptors (Lipinski definition) is 7. The molecule has 3 aromatic heterocycles. The number of aromatic nitrogens is 4. The molecule has 3 heterocycles. The van der Waals surface area contributed by atoms with Crippen LogP contribution in [0, 0.1) is 25.6 Å². The van der Waals surface area contributed by atoms with Gasteiger partial charge in [-0.25, -0.2) is 8.91 Å². The van der Waals surface area contributed by atoms with Gasteiger partial charge in [-0.15, -0.1) is 0 Å². The minimum absolute atomic E-state index is 0.0246. The number of aromatic amines is 1. The predicted molar refractivity (Wildman–Crippen MR) is 125 cm³/mol. The molecule has 0 spiro atoms. The molecule has 0 aliphatic heterocycles. The molecule has 3 N–H and O–H groups in total. The molecule has 34 heavy (non-hydrogen) atoms. The number of ether oxygens (including phenoxy) is 3. The van der Waals surface area contributed by atoms with Gasteiger partial charge in [-0.05, 0) is 44.9 Å². The van der Waals surface area contributed by atoms with Crippen molar-refractivity contribution < 1.29 is 23.4 Å². The lowest BCUT2D eigenvalue weighted by Gasteiger charge is -2.19. The summed E-state index contributed by atoms with van der Waals surface area (Å²) in [5, 5.41) is 4.65. The molecule has 0 saturated carbocycles. The smallest absolute Gasteiger partial charge is 0.323 e. The zero-order chi connectivity index (χ0) is 24.6. The largest absolute Gasteiger partial charge is 0.488 e. The van der Waals surface area contributed by atoms with E-state index in [2.05, 4.69) is 15.1 Å². The third-order valence-electron chi connectivity index (χ3n) is 5.57. The van der Waals surface area contributed by atoms with Gasteiger partial charge in [0.25, 0.3) is 0 Å². The molecular weight excluding hydrogens is 441 g/mol. The van der Waals surface area contributed by atoms with Crippen LogP contribution in [-0.4, -0.2) is 44.3 Å². The maximum absolute atomic E-state index is 15.0. The fourth-order valence-corrected chi connectivity index (χ4v) is 3.59. The highest BCUT2D eigenvalue weighted by Crippen LogP contribution is 2.34. The number of aryl methyl sites for hydroxylation is 2. The molecule has 0 aliphatic carbocycles. The van der Waals surface area contributed by atoms with Crippen LogP contribution in [0.15, 0.2) is 30.7 Å². The Hall–Kier alpha value is -3.66. The van der Waals surface area contributed by atoms with Gasteiger partial charge < -0.3 is 24.9 Å². The highest BCUT2D eigenvalue weighted by Gasteiger charge is 2.22. The number of nitrogens with two attached hydrogens (primary N) is 1. The normalized spacial score (nSPS) is 13.4. The Morgan fingerprint density at radius 2 is 2.00 bits per heavy atom. The zero-order valence-electron chi connectivity index (χ0n) is 19.8. The van der Waals surface area contributed by atoms with Crippen LogP contribution in [0.1, 0.15) is 32.0 Å². The molecule has 0 fully saturated rings. The van der Waals surface area contributed by atoms with Gasteiger partial charge in [-0.2, -0.15) is 10.1 Å². The van der Waals surface area contributed by atoms with Gasteiger partial charge in [0.1, 0.15) is 36.3 Å². The number of halogens is 1. The van der Waals surface area contributed by atoms with Crippen LogP contribution in [-0.2, 0) is 9.53 Å². The average molecular weight is 470 g/mol. The zero-order valence-corrected chi connectivity index (χ0v) is 19.8. The first-order valence-corrected chi connectivity index (χ1v) is 11.0. The van der Waals surface area contributed by atoms with Crippen LogP contribution in [0.2, 0.25) is 0 Å². The lowest BCUT2D eigenvalue weighted by molar-refractivity contribution is -0.152. The number of fused-ring (bicyclic) bond motifs is 2. The topological polar surface area (TPSA) is 117 Å². The number of H-pyrrole nitrogens is 1. The summed E-state index contributed by atoms with van der Waals surface area (Å²) in [4.78, 5) is 19.4. The van der Waals surface area contributed by atoms with Crippen LogP contribution in [0.4, 0.5) is 4.39 Å². The van der Waals surface area contributed by atoms with Crippen molar-refractivity contribution in [3.05, 3.63) is 47.8 Å². The third-order valence-corrected chi connectivity index (χ3v) is 5.57. The molecule has 4 aromatic rings. The Labute approximate surface area is 196 Å². The van der Waals surface area contributed by atoms with E-state index >= 15 is 4.39 Å². The molecule has 0 aliphatic rings. The molecule has 0 saturated heterocycles. The van der Waals surface area contributed by atoms with Crippen LogP contribution < -0.4 is 15.2 Å². The quantitative estimate of drug-likeness (QED) is 0.374. The molecule has 0 bridgehead atoms. The summed E-state index contributed by atoms with van der Waals surface area (Å²) in [5.41, 5.74) is 8.61. The van der Waals surface area contributed by atoms with E-state index in [1.54, 1.807) is 35.8 Å². The van der Waals surface area contributed by atoms with E-state index in [4.69, 9.17) is 19.9 Å². The number of benzene rings is 1. The van der Waals surface area contributed by atoms with E-state index in [0.717, 1.165) is 5.69 Å². The van der Waals surface area contributed by atoms with Gasteiger partial charge >= 0.3 is 5.97 Å². The molecule has 4 rings (SSSR count). The van der Waals surface area contributed by atoms with Crippen molar-refractivity contribution in [2.75, 3.05) is 6.61 Å². The van der Waals surface area contributed by atoms with Crippen LogP contribution in [0.25, 0.3) is 16.4 Å². The van der Waals surface area contributed by atoms with Crippen molar-refractivity contribution in [2.24, 2.45) is 11.7 Å². The lowest BCUT2D eigenvalue weighted by atomic mass is 10.1. The van der Waals surface area contributed by atoms with Crippen LogP contribution in [0.5, 0.6) is 17.4 Å². The second-order valence-corrected chi connectivity index (χ2v) is 8.70. The van der Waals surface area contributed by atoms with Gasteiger partial charge in [-0.1, -0.05) is 13.8 Å². The number of esters is 1. The first-order valence-electron chi connectivity index (χ1n) is 11.0. The van der Waals surface area contributed by atoms with Crippen LogP contribution >= 0.6 is 0 Å². The van der Waals surface area contributed by atoms with Gasteiger partial charge in [0.05, 0.1) is 6.20 Å². The van der Waals surface area contributed by atoms with Gasteiger partial charge in [-0.3, -0.25) is 4.79 Å². The first-order chi connectivity index (χ1) is 16.2. The van der Waals surface area contributed by atoms with Crippen molar-refractivity contribution in [2.45, 2.75) is 46.8 Å². The standard InChI is InChI=1S/C24H28FN5O4/c1-12(2)21(26)24(31)33-14(4)10-32-19-9-30-22(15(19)5)23(27-11-28-30)34-18-7-6-17-16(20(18)25)8-13(3)29-17/h6-9,11-12,14,21,29H,10,26H2,1-5H3/t14-,21+/m1/s1. The second-order valence-electron chi connectivity index (χ2n) is 8.70. The molecule has 0 unspecified atom stereocenters. The summed E-state index contributed by atoms with van der Waals surface area (Å²) in [6.07, 6.45) is 2.48. The summed E-state index contributed by atoms with van der Waals surface area (Å²) in [7, 11) is 0. The average Bonchev–Trinajstić information content (AvgIpc) is 3.33. The van der Waals surface area contributed by atoms with E-state index in [9.17, 15) is 4.79 Å². The Bertz CT molecular complexity index is 1350. The Kier molecular flexibility index (Phi) is 6.43. The van der Waals surface area contributed by atoms with Crippen molar-refractivity contribution in [1.29, 1.82) is 0 Å². The van der Waals surface area contributed by atoms with E-state index in [1.807, 2.05) is 27.7 Å². The third kappa shape index (κ3) is 4.54. The molecule has 10 heteroatoms. The number of carbonyl (C=O) groups excluding carboxylic acids is 1. The fourth-order valence-electron chi connectivity index (χ4n) is 3.59. The maximum atomic E-state index is 15.0. The molecule has 9 nitrogen and oxygen atoms in total. The predicted octanol–water partition coefficient (Wildman–Crippen LogP) is 4.05. The molecule has 1 aromatic carbocycles. The van der Waals surface area contributed by atoms with E-state index in [-0.39, 0.29) is 24.2 Å². The summed E-state index contributed by atoms with van der Waals surface area (Å²) in [6, 6.07) is 4.35. The molecular formula is C24H28FN5O4. The van der Waals surface area contributed by atoms with Crippen molar-refractivity contribution >= 4 is 22.4 Å². The Balaban J connectivity index is 1.54. The summed E-state index contributed by atoms with van der Waals surface area (Å²) < 4.78 is 33.7. The van der Waals surface area contributed by atoms with E-state index < -0.39 is 23.9 Å². The van der Waals surface area contributed by atoms with Gasteiger partial charge in [0.2, 0.25) is 5.88 Å². The minimum atomic E-state index is -0.689. The van der Waals surface area contributed by atoms with E-state index in [1.165, 1.54) is 6.33 Å². The first kappa shape index (κ1) is 23.5. The number of nitrogens with one attached hydrogen (secondary N) is 1. The molecule has 0 amide bonds. The Morgan fingerprint density at radius 1 is 1.24 bits per heavy atom. The highest BCUT2D eigenvalue weighted by molar-refractivity contribution is 5.83. The molecule has 2 atom stereocenters. The highest BCUT2D eigenvalue weighted by atomic mass is 19.1. The van der Waals surface area contributed by atoms with Crippen molar-refractivity contribution in [1.82, 2.24) is 19.6 Å². The van der Waals surface area contributed by atoms with E-state index in [0.29, 0.717) is 27.7 Å².